The van der Waals surface area contributed by atoms with Crippen molar-refractivity contribution in [1.29, 1.82) is 0 Å². The molecular formula is C21H30N2O4. The Kier molecular flexibility index (Phi) is 5.28. The Morgan fingerprint density at radius 3 is 2.89 bits per heavy atom. The first-order chi connectivity index (χ1) is 13.1. The number of carbonyl (C=O) groups excluding carboxylic acids is 1. The number of fused-ring (bicyclic) bond motifs is 1. The minimum Gasteiger partial charge on any atom is -0.494 e. The van der Waals surface area contributed by atoms with Crippen LogP contribution in [0.25, 0.3) is 0 Å². The fraction of sp³-hybridized carbons (Fsp3) is 0.667. The van der Waals surface area contributed by atoms with Gasteiger partial charge < -0.3 is 25.3 Å². The fourth-order valence-corrected chi connectivity index (χ4v) is 4.29. The molecule has 4 atom stereocenters. The highest BCUT2D eigenvalue weighted by Gasteiger charge is 2.43. The summed E-state index contributed by atoms with van der Waals surface area (Å²) in [5, 5.41) is 3.14. The van der Waals surface area contributed by atoms with Crippen molar-refractivity contribution < 1.29 is 19.0 Å². The highest BCUT2D eigenvalue weighted by atomic mass is 16.5. The van der Waals surface area contributed by atoms with Gasteiger partial charge in [0, 0.05) is 42.7 Å². The van der Waals surface area contributed by atoms with Crippen LogP contribution in [0.5, 0.6) is 11.5 Å². The molecule has 148 valence electrons. The molecule has 1 amide bonds. The van der Waals surface area contributed by atoms with E-state index in [4.69, 9.17) is 19.9 Å². The lowest BCUT2D eigenvalue weighted by molar-refractivity contribution is -0.124. The van der Waals surface area contributed by atoms with E-state index in [1.807, 2.05) is 6.92 Å². The predicted molar refractivity (Wildman–Crippen MR) is 102 cm³/mol. The molecule has 0 aromatic heterocycles. The van der Waals surface area contributed by atoms with Crippen molar-refractivity contribution in [1.82, 2.24) is 5.32 Å². The lowest BCUT2D eigenvalue weighted by Crippen LogP contribution is -2.47. The van der Waals surface area contributed by atoms with Crippen molar-refractivity contribution in [3.63, 3.8) is 0 Å². The lowest BCUT2D eigenvalue weighted by atomic mass is 9.92. The van der Waals surface area contributed by atoms with E-state index in [2.05, 4.69) is 24.4 Å². The first kappa shape index (κ1) is 18.6. The molecule has 0 radical (unpaired) electrons. The molecule has 2 heterocycles. The van der Waals surface area contributed by atoms with Crippen LogP contribution >= 0.6 is 0 Å². The molecular weight excluding hydrogens is 344 g/mol. The summed E-state index contributed by atoms with van der Waals surface area (Å²) in [4.78, 5) is 12.6. The maximum absolute atomic E-state index is 12.6. The Balaban J connectivity index is 1.42. The van der Waals surface area contributed by atoms with Crippen LogP contribution in [0.2, 0.25) is 0 Å². The van der Waals surface area contributed by atoms with Crippen molar-refractivity contribution in [3.05, 3.63) is 23.3 Å². The van der Waals surface area contributed by atoms with Gasteiger partial charge in [-0.2, -0.15) is 0 Å². The summed E-state index contributed by atoms with van der Waals surface area (Å²) in [7, 11) is 0. The van der Waals surface area contributed by atoms with Gasteiger partial charge >= 0.3 is 0 Å². The van der Waals surface area contributed by atoms with Crippen molar-refractivity contribution in [2.24, 2.45) is 11.7 Å². The molecule has 2 aliphatic heterocycles. The number of ether oxygens (including phenoxy) is 3. The summed E-state index contributed by atoms with van der Waals surface area (Å²) in [5.41, 5.74) is 8.55. The maximum Gasteiger partial charge on any atom is 0.237 e. The normalized spacial score (nSPS) is 28.2. The Bertz CT molecular complexity index is 702. The number of hydrogen-bond donors (Lipinski definition) is 2. The molecule has 0 spiro atoms. The fourth-order valence-electron chi connectivity index (χ4n) is 4.29. The number of benzene rings is 1. The first-order valence-electron chi connectivity index (χ1n) is 10.2. The number of carbonyl (C=O) groups is 1. The van der Waals surface area contributed by atoms with Crippen LogP contribution in [-0.2, 0) is 16.0 Å². The molecule has 4 unspecified atom stereocenters. The average Bonchev–Trinajstić information content (AvgIpc) is 3.32. The monoisotopic (exact) mass is 374 g/mol. The third kappa shape index (κ3) is 3.92. The lowest BCUT2D eigenvalue weighted by Gasteiger charge is -2.26. The van der Waals surface area contributed by atoms with Crippen molar-refractivity contribution >= 4 is 5.91 Å². The van der Waals surface area contributed by atoms with Crippen molar-refractivity contribution in [2.45, 2.75) is 63.6 Å². The molecule has 6 heteroatoms. The van der Waals surface area contributed by atoms with E-state index in [-0.39, 0.29) is 29.9 Å². The van der Waals surface area contributed by atoms with Crippen LogP contribution in [0.15, 0.2) is 12.1 Å². The molecule has 27 heavy (non-hydrogen) atoms. The molecule has 1 saturated carbocycles. The molecule has 1 aromatic carbocycles. The zero-order chi connectivity index (χ0) is 19.0. The van der Waals surface area contributed by atoms with E-state index in [0.717, 1.165) is 42.7 Å². The second-order valence-electron chi connectivity index (χ2n) is 8.00. The summed E-state index contributed by atoms with van der Waals surface area (Å²) in [6.45, 7) is 6.10. The highest BCUT2D eigenvalue weighted by molar-refractivity contribution is 5.82. The standard InChI is InChI=1S/C21H30N2O4/c1-3-26-19-9-14-8-12(2)27-18(14)11-16(19)15-10-17(15)23-21(24)20(22)13-4-6-25-7-5-13/h9,11-13,15,17,20H,3-8,10,22H2,1-2H3,(H,23,24). The van der Waals surface area contributed by atoms with Gasteiger partial charge in [0.25, 0.3) is 0 Å². The summed E-state index contributed by atoms with van der Waals surface area (Å²) < 4.78 is 17.2. The van der Waals surface area contributed by atoms with E-state index in [9.17, 15) is 4.79 Å². The largest absolute Gasteiger partial charge is 0.494 e. The third-order valence-corrected chi connectivity index (χ3v) is 5.92. The number of nitrogens with one attached hydrogen (secondary N) is 1. The van der Waals surface area contributed by atoms with E-state index in [0.29, 0.717) is 19.8 Å². The van der Waals surface area contributed by atoms with Crippen LogP contribution in [0.1, 0.15) is 50.2 Å². The Hall–Kier alpha value is -1.79. The molecule has 4 rings (SSSR count). The quantitative estimate of drug-likeness (QED) is 0.797. The van der Waals surface area contributed by atoms with Gasteiger partial charge in [-0.25, -0.2) is 0 Å². The van der Waals surface area contributed by atoms with Gasteiger partial charge in [-0.3, -0.25) is 4.79 Å². The molecule has 2 fully saturated rings. The second-order valence-corrected chi connectivity index (χ2v) is 8.00. The van der Waals surface area contributed by atoms with E-state index in [1.54, 1.807) is 0 Å². The van der Waals surface area contributed by atoms with Gasteiger partial charge in [0.2, 0.25) is 5.91 Å². The minimum absolute atomic E-state index is 0.0432. The molecule has 1 aromatic rings. The Morgan fingerprint density at radius 1 is 1.37 bits per heavy atom. The molecule has 3 N–H and O–H groups in total. The second kappa shape index (κ2) is 7.68. The number of amides is 1. The van der Waals surface area contributed by atoms with Gasteiger partial charge in [0.15, 0.2) is 0 Å². The number of nitrogens with two attached hydrogens (primary N) is 1. The Morgan fingerprint density at radius 2 is 2.15 bits per heavy atom. The van der Waals surface area contributed by atoms with Crippen LogP contribution in [0, 0.1) is 5.92 Å². The first-order valence-corrected chi connectivity index (χ1v) is 10.2. The average molecular weight is 374 g/mol. The summed E-state index contributed by atoms with van der Waals surface area (Å²) in [6, 6.07) is 3.90. The molecule has 3 aliphatic rings. The van der Waals surface area contributed by atoms with E-state index in [1.165, 1.54) is 5.56 Å². The van der Waals surface area contributed by atoms with Gasteiger partial charge in [0.1, 0.15) is 17.6 Å². The zero-order valence-corrected chi connectivity index (χ0v) is 16.2. The maximum atomic E-state index is 12.6. The molecule has 1 aliphatic carbocycles. The summed E-state index contributed by atoms with van der Waals surface area (Å²) >= 11 is 0. The van der Waals surface area contributed by atoms with Crippen LogP contribution in [0.4, 0.5) is 0 Å². The van der Waals surface area contributed by atoms with Crippen molar-refractivity contribution in [3.8, 4) is 11.5 Å². The van der Waals surface area contributed by atoms with Crippen LogP contribution in [0.3, 0.4) is 0 Å². The van der Waals surface area contributed by atoms with E-state index < -0.39 is 6.04 Å². The Labute approximate surface area is 160 Å². The molecule has 1 saturated heterocycles. The topological polar surface area (TPSA) is 82.8 Å². The van der Waals surface area contributed by atoms with Gasteiger partial charge in [-0.15, -0.1) is 0 Å². The third-order valence-electron chi connectivity index (χ3n) is 5.92. The van der Waals surface area contributed by atoms with Crippen LogP contribution < -0.4 is 20.5 Å². The van der Waals surface area contributed by atoms with Gasteiger partial charge in [0.05, 0.1) is 12.6 Å². The van der Waals surface area contributed by atoms with Crippen molar-refractivity contribution in [2.75, 3.05) is 19.8 Å². The van der Waals surface area contributed by atoms with Gasteiger partial charge in [-0.1, -0.05) is 0 Å². The molecule has 6 nitrogen and oxygen atoms in total. The van der Waals surface area contributed by atoms with Crippen LogP contribution in [-0.4, -0.2) is 43.9 Å². The zero-order valence-electron chi connectivity index (χ0n) is 16.2. The number of hydrogen-bond acceptors (Lipinski definition) is 5. The number of rotatable bonds is 6. The minimum atomic E-state index is -0.453. The predicted octanol–water partition coefficient (Wildman–Crippen LogP) is 2.13. The van der Waals surface area contributed by atoms with Gasteiger partial charge in [-0.05, 0) is 51.2 Å². The SMILES string of the molecule is CCOc1cc2c(cc1C1CC1NC(=O)C(N)C1CCOCC1)OC(C)C2. The highest BCUT2D eigenvalue weighted by Crippen LogP contribution is 2.48. The van der Waals surface area contributed by atoms with E-state index >= 15 is 0 Å². The summed E-state index contributed by atoms with van der Waals surface area (Å²) in [6.07, 6.45) is 3.76. The summed E-state index contributed by atoms with van der Waals surface area (Å²) in [5.74, 6) is 2.31. The molecule has 0 bridgehead atoms. The smallest absolute Gasteiger partial charge is 0.237 e.